The first-order valence-corrected chi connectivity index (χ1v) is 6.23. The molecule has 0 fully saturated rings. The van der Waals surface area contributed by atoms with Crippen molar-refractivity contribution >= 4 is 5.78 Å². The molecular weight excluding hydrogens is 226 g/mol. The molecule has 100 valence electrons. The minimum absolute atomic E-state index is 0.121. The summed E-state index contributed by atoms with van der Waals surface area (Å²) in [5.74, 6) is 1.36. The summed E-state index contributed by atoms with van der Waals surface area (Å²) in [4.78, 5) is 13.7. The van der Waals surface area contributed by atoms with Crippen molar-refractivity contribution in [3.05, 3.63) is 29.3 Å². The van der Waals surface area contributed by atoms with E-state index in [4.69, 9.17) is 4.74 Å². The molecule has 0 N–H and O–H groups in total. The van der Waals surface area contributed by atoms with Gasteiger partial charge in [-0.2, -0.15) is 0 Å². The molecule has 0 radical (unpaired) electrons. The quantitative estimate of drug-likeness (QED) is 0.803. The van der Waals surface area contributed by atoms with Gasteiger partial charge in [-0.25, -0.2) is 0 Å². The minimum atomic E-state index is -0.249. The first-order chi connectivity index (χ1) is 8.38. The van der Waals surface area contributed by atoms with Crippen LogP contribution in [-0.2, 0) is 4.79 Å². The third kappa shape index (κ3) is 3.10. The lowest BCUT2D eigenvalue weighted by atomic mass is 9.96. The molecule has 0 aliphatic carbocycles. The number of carbonyl (C=O) groups excluding carboxylic acids is 1. The van der Waals surface area contributed by atoms with E-state index in [1.54, 1.807) is 14.0 Å². The topological polar surface area (TPSA) is 29.5 Å². The summed E-state index contributed by atoms with van der Waals surface area (Å²) in [5, 5.41) is 0. The molecule has 0 saturated carbocycles. The van der Waals surface area contributed by atoms with Crippen molar-refractivity contribution < 1.29 is 9.53 Å². The number of ketones is 1. The fourth-order valence-corrected chi connectivity index (χ4v) is 2.17. The predicted octanol–water partition coefficient (Wildman–Crippen LogP) is 3.01. The van der Waals surface area contributed by atoms with Crippen LogP contribution in [0, 0.1) is 0 Å². The van der Waals surface area contributed by atoms with Gasteiger partial charge in [0.15, 0.2) is 5.78 Å². The Morgan fingerprint density at radius 1 is 1.28 bits per heavy atom. The number of methoxy groups -OCH3 is 1. The van der Waals surface area contributed by atoms with Gasteiger partial charge < -0.3 is 4.74 Å². The summed E-state index contributed by atoms with van der Waals surface area (Å²) in [7, 11) is 5.46. The molecule has 0 aliphatic rings. The van der Waals surface area contributed by atoms with E-state index < -0.39 is 0 Å². The molecule has 1 rings (SSSR count). The van der Waals surface area contributed by atoms with Crippen LogP contribution in [-0.4, -0.2) is 31.9 Å². The van der Waals surface area contributed by atoms with Gasteiger partial charge in [-0.1, -0.05) is 26.0 Å². The second-order valence-corrected chi connectivity index (χ2v) is 5.13. The van der Waals surface area contributed by atoms with Crippen LogP contribution in [0.4, 0.5) is 0 Å². The molecule has 1 unspecified atom stereocenters. The van der Waals surface area contributed by atoms with E-state index in [0.717, 1.165) is 11.3 Å². The van der Waals surface area contributed by atoms with E-state index in [1.807, 2.05) is 31.1 Å². The lowest BCUT2D eigenvalue weighted by molar-refractivity contribution is -0.121. The van der Waals surface area contributed by atoms with Crippen LogP contribution < -0.4 is 4.74 Å². The summed E-state index contributed by atoms with van der Waals surface area (Å²) < 4.78 is 5.44. The predicted molar refractivity (Wildman–Crippen MR) is 74.2 cm³/mol. The first-order valence-electron chi connectivity index (χ1n) is 6.23. The fourth-order valence-electron chi connectivity index (χ4n) is 2.17. The molecule has 0 aliphatic heterocycles. The van der Waals surface area contributed by atoms with Crippen LogP contribution in [0.1, 0.15) is 43.9 Å². The number of ether oxygens (including phenoxy) is 1. The molecule has 1 aromatic carbocycles. The zero-order valence-corrected chi connectivity index (χ0v) is 12.2. The van der Waals surface area contributed by atoms with E-state index in [2.05, 4.69) is 19.9 Å². The van der Waals surface area contributed by atoms with Crippen LogP contribution >= 0.6 is 0 Å². The largest absolute Gasteiger partial charge is 0.496 e. The maximum absolute atomic E-state index is 11.8. The molecular formula is C15H23NO2. The standard InChI is InChI=1S/C15H23NO2/c1-10(2)12-7-8-13(14(9-12)18-6)15(11(3)17)16(4)5/h7-10,15H,1-6H3. The minimum Gasteiger partial charge on any atom is -0.496 e. The van der Waals surface area contributed by atoms with Crippen molar-refractivity contribution in [3.63, 3.8) is 0 Å². The Bertz CT molecular complexity index is 425. The SMILES string of the molecule is COc1cc(C(C)C)ccc1C(C(C)=O)N(C)C. The van der Waals surface area contributed by atoms with Crippen molar-refractivity contribution in [2.24, 2.45) is 0 Å². The van der Waals surface area contributed by atoms with Gasteiger partial charge in [-0.15, -0.1) is 0 Å². The first kappa shape index (κ1) is 14.7. The van der Waals surface area contributed by atoms with Crippen molar-refractivity contribution in [3.8, 4) is 5.75 Å². The Morgan fingerprint density at radius 2 is 1.89 bits per heavy atom. The van der Waals surface area contributed by atoms with Crippen LogP contribution in [0.25, 0.3) is 0 Å². The van der Waals surface area contributed by atoms with E-state index in [-0.39, 0.29) is 11.8 Å². The van der Waals surface area contributed by atoms with Crippen molar-refractivity contribution in [1.29, 1.82) is 0 Å². The summed E-state index contributed by atoms with van der Waals surface area (Å²) in [6, 6.07) is 5.85. The van der Waals surface area contributed by atoms with Gasteiger partial charge in [-0.3, -0.25) is 9.69 Å². The molecule has 0 saturated heterocycles. The van der Waals surface area contributed by atoms with Gasteiger partial charge in [0.05, 0.1) is 13.2 Å². The Balaban J connectivity index is 3.27. The number of nitrogens with zero attached hydrogens (tertiary/aromatic N) is 1. The Hall–Kier alpha value is -1.35. The lowest BCUT2D eigenvalue weighted by Crippen LogP contribution is -2.26. The maximum atomic E-state index is 11.8. The van der Waals surface area contributed by atoms with Gasteiger partial charge in [0, 0.05) is 5.56 Å². The summed E-state index contributed by atoms with van der Waals surface area (Å²) >= 11 is 0. The lowest BCUT2D eigenvalue weighted by Gasteiger charge is -2.24. The highest BCUT2D eigenvalue weighted by atomic mass is 16.5. The van der Waals surface area contributed by atoms with Crippen LogP contribution in [0.15, 0.2) is 18.2 Å². The molecule has 18 heavy (non-hydrogen) atoms. The van der Waals surface area contributed by atoms with Gasteiger partial charge in [0.2, 0.25) is 0 Å². The molecule has 1 aromatic rings. The number of benzene rings is 1. The smallest absolute Gasteiger partial charge is 0.151 e. The molecule has 0 spiro atoms. The maximum Gasteiger partial charge on any atom is 0.151 e. The number of likely N-dealkylation sites (N-methyl/N-ethyl adjacent to an activating group) is 1. The number of hydrogen-bond acceptors (Lipinski definition) is 3. The molecule has 0 bridgehead atoms. The highest BCUT2D eigenvalue weighted by Crippen LogP contribution is 2.31. The zero-order valence-electron chi connectivity index (χ0n) is 12.2. The van der Waals surface area contributed by atoms with E-state index in [9.17, 15) is 4.79 Å². The van der Waals surface area contributed by atoms with Crippen LogP contribution in [0.3, 0.4) is 0 Å². The molecule has 0 heterocycles. The number of Topliss-reactive ketones (excluding diaryl/α,β-unsaturated/α-hetero) is 1. The van der Waals surface area contributed by atoms with Gasteiger partial charge in [-0.05, 0) is 38.6 Å². The summed E-state index contributed by atoms with van der Waals surface area (Å²) in [5.41, 5.74) is 2.15. The van der Waals surface area contributed by atoms with Crippen molar-refractivity contribution in [2.45, 2.75) is 32.7 Å². The Kier molecular flexibility index (Phi) is 4.91. The molecule has 0 amide bonds. The Morgan fingerprint density at radius 3 is 2.28 bits per heavy atom. The van der Waals surface area contributed by atoms with Gasteiger partial charge >= 0.3 is 0 Å². The number of carbonyl (C=O) groups is 1. The van der Waals surface area contributed by atoms with Gasteiger partial charge in [0.25, 0.3) is 0 Å². The zero-order chi connectivity index (χ0) is 13.9. The average molecular weight is 249 g/mol. The molecule has 3 nitrogen and oxygen atoms in total. The summed E-state index contributed by atoms with van der Waals surface area (Å²) in [6.07, 6.45) is 0. The average Bonchev–Trinajstić information content (AvgIpc) is 2.28. The monoisotopic (exact) mass is 249 g/mol. The van der Waals surface area contributed by atoms with E-state index in [0.29, 0.717) is 5.92 Å². The highest BCUT2D eigenvalue weighted by molar-refractivity contribution is 5.83. The van der Waals surface area contributed by atoms with Crippen LogP contribution in [0.2, 0.25) is 0 Å². The van der Waals surface area contributed by atoms with Crippen molar-refractivity contribution in [2.75, 3.05) is 21.2 Å². The molecule has 0 aromatic heterocycles. The van der Waals surface area contributed by atoms with E-state index in [1.165, 1.54) is 5.56 Å². The summed E-state index contributed by atoms with van der Waals surface area (Å²) in [6.45, 7) is 5.90. The molecule has 3 heteroatoms. The van der Waals surface area contributed by atoms with Crippen molar-refractivity contribution in [1.82, 2.24) is 4.90 Å². The van der Waals surface area contributed by atoms with E-state index >= 15 is 0 Å². The third-order valence-corrected chi connectivity index (χ3v) is 3.12. The van der Waals surface area contributed by atoms with Crippen LogP contribution in [0.5, 0.6) is 5.75 Å². The second-order valence-electron chi connectivity index (χ2n) is 5.13. The Labute approximate surface area is 110 Å². The third-order valence-electron chi connectivity index (χ3n) is 3.12. The highest BCUT2D eigenvalue weighted by Gasteiger charge is 2.23. The number of rotatable bonds is 5. The molecule has 1 atom stereocenters. The second kappa shape index (κ2) is 6.01. The fraction of sp³-hybridized carbons (Fsp3) is 0.533. The number of hydrogen-bond donors (Lipinski definition) is 0. The normalized spacial score (nSPS) is 12.9. The van der Waals surface area contributed by atoms with Gasteiger partial charge in [0.1, 0.15) is 5.75 Å².